The highest BCUT2D eigenvalue weighted by atomic mass is 16.6. The summed E-state index contributed by atoms with van der Waals surface area (Å²) in [5.41, 5.74) is 0. The van der Waals surface area contributed by atoms with Gasteiger partial charge in [0, 0.05) is 19.1 Å². The van der Waals surface area contributed by atoms with Crippen LogP contribution < -0.4 is 0 Å². The maximum absolute atomic E-state index is 5.93. The van der Waals surface area contributed by atoms with E-state index in [-0.39, 0.29) is 0 Å². The van der Waals surface area contributed by atoms with E-state index in [0.717, 1.165) is 39.5 Å². The minimum atomic E-state index is 0.392. The van der Waals surface area contributed by atoms with Crippen molar-refractivity contribution in [3.05, 3.63) is 0 Å². The van der Waals surface area contributed by atoms with Gasteiger partial charge in [-0.15, -0.1) is 0 Å². The topological polar surface area (TPSA) is 50.1 Å². The number of hydrogen-bond acceptors (Lipinski definition) is 5. The summed E-state index contributed by atoms with van der Waals surface area (Å²) < 4.78 is 21.9. The molecule has 20 heavy (non-hydrogen) atoms. The van der Waals surface area contributed by atoms with Gasteiger partial charge < -0.3 is 18.9 Å². The number of ether oxygens (including phenoxy) is 4. The van der Waals surface area contributed by atoms with Crippen molar-refractivity contribution >= 4 is 0 Å². The molecule has 3 atom stereocenters. The highest BCUT2D eigenvalue weighted by Gasteiger charge is 2.36. The molecule has 3 unspecified atom stereocenters. The minimum absolute atomic E-state index is 0.392. The van der Waals surface area contributed by atoms with E-state index in [1.807, 2.05) is 0 Å². The molecule has 0 spiro atoms. The molecule has 0 aromatic heterocycles. The predicted octanol–water partition coefficient (Wildman–Crippen LogP) is 0.813. The van der Waals surface area contributed by atoms with E-state index >= 15 is 0 Å². The molecular formula is C15H25NO4. The Labute approximate surface area is 120 Å². The molecule has 4 rings (SSSR count). The lowest BCUT2D eigenvalue weighted by molar-refractivity contribution is -0.000798. The SMILES string of the molecule is C1CC(N(CC2CO2)CC2CO2)CCC1OCC1CO1. The van der Waals surface area contributed by atoms with E-state index in [2.05, 4.69) is 4.90 Å². The number of rotatable bonds is 8. The van der Waals surface area contributed by atoms with Gasteiger partial charge in [0.1, 0.15) is 6.10 Å². The molecule has 5 nitrogen and oxygen atoms in total. The molecule has 0 amide bonds. The van der Waals surface area contributed by atoms with Gasteiger partial charge in [-0.3, -0.25) is 4.90 Å². The Kier molecular flexibility index (Phi) is 3.96. The molecular weight excluding hydrogens is 258 g/mol. The highest BCUT2D eigenvalue weighted by Crippen LogP contribution is 2.28. The van der Waals surface area contributed by atoms with Crippen molar-refractivity contribution in [3.8, 4) is 0 Å². The zero-order valence-corrected chi connectivity index (χ0v) is 12.0. The van der Waals surface area contributed by atoms with Crippen LogP contribution in [0.4, 0.5) is 0 Å². The zero-order valence-electron chi connectivity index (χ0n) is 12.0. The molecule has 4 fully saturated rings. The molecule has 5 heteroatoms. The summed E-state index contributed by atoms with van der Waals surface area (Å²) in [6.07, 6.45) is 6.67. The van der Waals surface area contributed by atoms with E-state index in [4.69, 9.17) is 18.9 Å². The van der Waals surface area contributed by atoms with Gasteiger partial charge in [0.25, 0.3) is 0 Å². The fourth-order valence-corrected chi connectivity index (χ4v) is 3.23. The molecule has 114 valence electrons. The van der Waals surface area contributed by atoms with Gasteiger partial charge in [0.05, 0.1) is 44.7 Å². The Morgan fingerprint density at radius 2 is 1.35 bits per heavy atom. The van der Waals surface area contributed by atoms with E-state index in [1.54, 1.807) is 0 Å². The van der Waals surface area contributed by atoms with Gasteiger partial charge in [-0.25, -0.2) is 0 Å². The van der Waals surface area contributed by atoms with Crippen LogP contribution in [0.3, 0.4) is 0 Å². The average Bonchev–Trinajstić information content (AvgIpc) is 3.32. The highest BCUT2D eigenvalue weighted by molar-refractivity contribution is 4.87. The van der Waals surface area contributed by atoms with E-state index in [9.17, 15) is 0 Å². The fourth-order valence-electron chi connectivity index (χ4n) is 3.23. The maximum atomic E-state index is 5.93. The van der Waals surface area contributed by atoms with Crippen LogP contribution in [0, 0.1) is 0 Å². The first-order valence-electron chi connectivity index (χ1n) is 8.07. The molecule has 3 aliphatic heterocycles. The van der Waals surface area contributed by atoms with Crippen molar-refractivity contribution in [2.24, 2.45) is 0 Å². The number of hydrogen-bond donors (Lipinski definition) is 0. The van der Waals surface area contributed by atoms with Gasteiger partial charge in [0.2, 0.25) is 0 Å². The zero-order chi connectivity index (χ0) is 13.4. The molecule has 0 radical (unpaired) electrons. The van der Waals surface area contributed by atoms with Crippen LogP contribution in [0.5, 0.6) is 0 Å². The van der Waals surface area contributed by atoms with E-state index in [0.29, 0.717) is 30.5 Å². The molecule has 1 aliphatic carbocycles. The summed E-state index contributed by atoms with van der Waals surface area (Å²) in [6.45, 7) is 5.76. The molecule has 0 aromatic carbocycles. The lowest BCUT2D eigenvalue weighted by Gasteiger charge is -2.36. The Morgan fingerprint density at radius 3 is 1.85 bits per heavy atom. The lowest BCUT2D eigenvalue weighted by atomic mass is 9.91. The molecule has 1 saturated carbocycles. The Hall–Kier alpha value is -0.200. The maximum Gasteiger partial charge on any atom is 0.104 e. The van der Waals surface area contributed by atoms with Gasteiger partial charge in [-0.1, -0.05) is 0 Å². The van der Waals surface area contributed by atoms with Crippen molar-refractivity contribution in [3.63, 3.8) is 0 Å². The Balaban J connectivity index is 1.22. The van der Waals surface area contributed by atoms with Crippen LogP contribution >= 0.6 is 0 Å². The summed E-state index contributed by atoms with van der Waals surface area (Å²) in [5, 5.41) is 0. The van der Waals surface area contributed by atoms with Crippen LogP contribution in [0.2, 0.25) is 0 Å². The first kappa shape index (κ1) is 13.5. The normalized spacial score (nSPS) is 42.8. The van der Waals surface area contributed by atoms with E-state index < -0.39 is 0 Å². The fraction of sp³-hybridized carbons (Fsp3) is 1.00. The second kappa shape index (κ2) is 5.89. The largest absolute Gasteiger partial charge is 0.375 e. The summed E-state index contributed by atoms with van der Waals surface area (Å²) in [7, 11) is 0. The first-order valence-corrected chi connectivity index (χ1v) is 8.07. The van der Waals surface area contributed by atoms with Gasteiger partial charge >= 0.3 is 0 Å². The van der Waals surface area contributed by atoms with Crippen LogP contribution in [-0.2, 0) is 18.9 Å². The number of nitrogens with zero attached hydrogens (tertiary/aromatic N) is 1. The second-order valence-corrected chi connectivity index (χ2v) is 6.58. The summed E-state index contributed by atoms with van der Waals surface area (Å²) in [5.74, 6) is 0. The van der Waals surface area contributed by atoms with E-state index in [1.165, 1.54) is 25.7 Å². The minimum Gasteiger partial charge on any atom is -0.375 e. The monoisotopic (exact) mass is 283 g/mol. The van der Waals surface area contributed by atoms with Crippen LogP contribution in [-0.4, -0.2) is 74.9 Å². The summed E-state index contributed by atoms with van der Waals surface area (Å²) in [6, 6.07) is 0.695. The average molecular weight is 283 g/mol. The van der Waals surface area contributed by atoms with Gasteiger partial charge in [0.15, 0.2) is 0 Å². The molecule has 0 bridgehead atoms. The summed E-state index contributed by atoms with van der Waals surface area (Å²) in [4.78, 5) is 2.61. The van der Waals surface area contributed by atoms with Crippen LogP contribution in [0.1, 0.15) is 25.7 Å². The van der Waals surface area contributed by atoms with Crippen molar-refractivity contribution in [1.82, 2.24) is 4.90 Å². The third-order valence-electron chi connectivity index (χ3n) is 4.76. The van der Waals surface area contributed by atoms with Crippen molar-refractivity contribution in [2.45, 2.75) is 56.1 Å². The standard InChI is InChI=1S/C15H25NO4/c1-3-12(17-9-15-10-20-15)4-2-11(1)16(5-13-7-18-13)6-14-8-19-14/h11-15H,1-10H2. The molecule has 0 N–H and O–H groups in total. The Morgan fingerprint density at radius 1 is 0.800 bits per heavy atom. The van der Waals surface area contributed by atoms with Crippen molar-refractivity contribution in [1.29, 1.82) is 0 Å². The molecule has 4 aliphatic rings. The van der Waals surface area contributed by atoms with Crippen LogP contribution in [0.15, 0.2) is 0 Å². The molecule has 3 saturated heterocycles. The van der Waals surface area contributed by atoms with Crippen LogP contribution in [0.25, 0.3) is 0 Å². The summed E-state index contributed by atoms with van der Waals surface area (Å²) >= 11 is 0. The second-order valence-electron chi connectivity index (χ2n) is 6.58. The van der Waals surface area contributed by atoms with Crippen molar-refractivity contribution in [2.75, 3.05) is 39.5 Å². The predicted molar refractivity (Wildman–Crippen MR) is 72.8 cm³/mol. The molecule has 0 aromatic rings. The van der Waals surface area contributed by atoms with Gasteiger partial charge in [-0.2, -0.15) is 0 Å². The quantitative estimate of drug-likeness (QED) is 0.617. The third-order valence-corrected chi connectivity index (χ3v) is 4.76. The number of epoxide rings is 3. The molecule has 3 heterocycles. The lowest BCUT2D eigenvalue weighted by Crippen LogP contribution is -2.43. The van der Waals surface area contributed by atoms with Gasteiger partial charge in [-0.05, 0) is 25.7 Å². The first-order chi connectivity index (χ1) is 9.87. The third kappa shape index (κ3) is 3.92. The van der Waals surface area contributed by atoms with Crippen molar-refractivity contribution < 1.29 is 18.9 Å². The smallest absolute Gasteiger partial charge is 0.104 e. The Bertz CT molecular complexity index is 306.